The number of hydrogen-bond donors (Lipinski definition) is 2. The van der Waals surface area contributed by atoms with Crippen molar-refractivity contribution in [3.8, 4) is 0 Å². The lowest BCUT2D eigenvalue weighted by molar-refractivity contribution is 0.838. The highest BCUT2D eigenvalue weighted by Crippen LogP contribution is 2.26. The van der Waals surface area contributed by atoms with Gasteiger partial charge in [0.05, 0.1) is 0 Å². The van der Waals surface area contributed by atoms with Crippen LogP contribution >= 0.6 is 15.9 Å². The Balaban J connectivity index is 2.32. The Morgan fingerprint density at radius 2 is 1.95 bits per heavy atom. The van der Waals surface area contributed by atoms with E-state index in [0.717, 1.165) is 46.0 Å². The van der Waals surface area contributed by atoms with E-state index in [1.165, 1.54) is 0 Å². The molecule has 1 aromatic carbocycles. The predicted octanol–water partition coefficient (Wildman–Crippen LogP) is 4.29. The Morgan fingerprint density at radius 3 is 2.65 bits per heavy atom. The largest absolute Gasteiger partial charge is 0.373 e. The highest BCUT2D eigenvalue weighted by Gasteiger charge is 2.06. The van der Waals surface area contributed by atoms with Crippen LogP contribution in [0.5, 0.6) is 0 Å². The normalized spacial score (nSPS) is 10.4. The summed E-state index contributed by atoms with van der Waals surface area (Å²) in [7, 11) is 1.87. The van der Waals surface area contributed by atoms with Crippen LogP contribution in [-0.2, 0) is 6.42 Å². The molecule has 0 saturated carbocycles. The summed E-state index contributed by atoms with van der Waals surface area (Å²) in [5.74, 6) is 2.50. The molecule has 0 saturated heterocycles. The van der Waals surface area contributed by atoms with Gasteiger partial charge in [0, 0.05) is 29.7 Å². The van der Waals surface area contributed by atoms with Gasteiger partial charge in [-0.25, -0.2) is 9.97 Å². The molecule has 2 aromatic rings. The number of benzene rings is 1. The first-order valence-corrected chi connectivity index (χ1v) is 7.51. The van der Waals surface area contributed by atoms with Gasteiger partial charge in [0.2, 0.25) is 0 Å². The Bertz CT molecular complexity index is 598. The molecule has 0 atom stereocenters. The lowest BCUT2D eigenvalue weighted by atomic mass is 10.2. The van der Waals surface area contributed by atoms with Crippen LogP contribution in [-0.4, -0.2) is 17.0 Å². The molecule has 0 radical (unpaired) electrons. The SMILES string of the molecule is CCCc1nc(NC)cc(Nc2cccc(Br)c2C)n1. The van der Waals surface area contributed by atoms with Crippen molar-refractivity contribution >= 4 is 33.3 Å². The van der Waals surface area contributed by atoms with Crippen LogP contribution in [0.25, 0.3) is 0 Å². The molecule has 0 bridgehead atoms. The van der Waals surface area contributed by atoms with Crippen molar-refractivity contribution in [3.63, 3.8) is 0 Å². The standard InChI is InChI=1S/C15H19BrN4/c1-4-6-13-19-14(17-3)9-15(20-13)18-12-8-5-7-11(16)10(12)2/h5,7-9H,4,6H2,1-3H3,(H2,17,18,19,20). The van der Waals surface area contributed by atoms with Crippen LogP contribution in [0.4, 0.5) is 17.3 Å². The molecule has 0 fully saturated rings. The molecule has 0 spiro atoms. The van der Waals surface area contributed by atoms with Gasteiger partial charge in [-0.15, -0.1) is 0 Å². The Hall–Kier alpha value is -1.62. The van der Waals surface area contributed by atoms with Crippen molar-refractivity contribution in [1.82, 2.24) is 9.97 Å². The van der Waals surface area contributed by atoms with Gasteiger partial charge in [-0.2, -0.15) is 0 Å². The number of nitrogens with one attached hydrogen (secondary N) is 2. The van der Waals surface area contributed by atoms with E-state index in [1.807, 2.05) is 31.3 Å². The van der Waals surface area contributed by atoms with Crippen LogP contribution in [0.15, 0.2) is 28.7 Å². The van der Waals surface area contributed by atoms with Gasteiger partial charge in [0.25, 0.3) is 0 Å². The summed E-state index contributed by atoms with van der Waals surface area (Å²) in [4.78, 5) is 9.01. The van der Waals surface area contributed by atoms with Crippen LogP contribution in [0, 0.1) is 6.92 Å². The average Bonchev–Trinajstić information content (AvgIpc) is 2.44. The van der Waals surface area contributed by atoms with Crippen molar-refractivity contribution in [3.05, 3.63) is 40.1 Å². The Labute approximate surface area is 128 Å². The quantitative estimate of drug-likeness (QED) is 0.856. The number of hydrogen-bond acceptors (Lipinski definition) is 4. The lowest BCUT2D eigenvalue weighted by Gasteiger charge is -2.12. The van der Waals surface area contributed by atoms with Crippen molar-refractivity contribution in [2.45, 2.75) is 26.7 Å². The van der Waals surface area contributed by atoms with Crippen LogP contribution < -0.4 is 10.6 Å². The number of nitrogens with zero attached hydrogens (tertiary/aromatic N) is 2. The topological polar surface area (TPSA) is 49.8 Å². The maximum Gasteiger partial charge on any atom is 0.136 e. The zero-order chi connectivity index (χ0) is 14.5. The van der Waals surface area contributed by atoms with E-state index in [0.29, 0.717) is 0 Å². The monoisotopic (exact) mass is 334 g/mol. The van der Waals surface area contributed by atoms with Crippen LogP contribution in [0.1, 0.15) is 24.7 Å². The minimum Gasteiger partial charge on any atom is -0.373 e. The molecule has 106 valence electrons. The van der Waals surface area contributed by atoms with Gasteiger partial charge in [0.15, 0.2) is 0 Å². The summed E-state index contributed by atoms with van der Waals surface area (Å²) in [6.45, 7) is 4.19. The second-order valence-electron chi connectivity index (χ2n) is 4.59. The first-order chi connectivity index (χ1) is 9.63. The van der Waals surface area contributed by atoms with E-state index in [-0.39, 0.29) is 0 Å². The molecular weight excluding hydrogens is 316 g/mol. The molecule has 20 heavy (non-hydrogen) atoms. The van der Waals surface area contributed by atoms with Crippen LogP contribution in [0.2, 0.25) is 0 Å². The molecule has 4 nitrogen and oxygen atoms in total. The summed E-state index contributed by atoms with van der Waals surface area (Å²) < 4.78 is 1.08. The third kappa shape index (κ3) is 3.48. The first-order valence-electron chi connectivity index (χ1n) is 6.72. The van der Waals surface area contributed by atoms with Crippen molar-refractivity contribution in [1.29, 1.82) is 0 Å². The smallest absolute Gasteiger partial charge is 0.136 e. The zero-order valence-electron chi connectivity index (χ0n) is 12.0. The highest BCUT2D eigenvalue weighted by atomic mass is 79.9. The molecule has 0 aliphatic heterocycles. The summed E-state index contributed by atoms with van der Waals surface area (Å²) in [5, 5.41) is 6.44. The number of aryl methyl sites for hydroxylation is 1. The van der Waals surface area contributed by atoms with Gasteiger partial charge in [-0.05, 0) is 31.0 Å². The summed E-state index contributed by atoms with van der Waals surface area (Å²) in [6, 6.07) is 7.99. The number of aromatic nitrogens is 2. The summed E-state index contributed by atoms with van der Waals surface area (Å²) in [6.07, 6.45) is 1.91. The molecule has 2 rings (SSSR count). The van der Waals surface area contributed by atoms with E-state index in [1.54, 1.807) is 0 Å². The fraction of sp³-hybridized carbons (Fsp3) is 0.333. The molecule has 0 amide bonds. The fourth-order valence-corrected chi connectivity index (χ4v) is 2.27. The summed E-state index contributed by atoms with van der Waals surface area (Å²) >= 11 is 3.54. The second-order valence-corrected chi connectivity index (χ2v) is 5.45. The number of anilines is 3. The van der Waals surface area contributed by atoms with Crippen molar-refractivity contribution < 1.29 is 0 Å². The van der Waals surface area contributed by atoms with Gasteiger partial charge < -0.3 is 10.6 Å². The molecule has 0 unspecified atom stereocenters. The van der Waals surface area contributed by atoms with Gasteiger partial charge in [0.1, 0.15) is 17.5 Å². The average molecular weight is 335 g/mol. The van der Waals surface area contributed by atoms with E-state index in [2.05, 4.69) is 50.4 Å². The predicted molar refractivity (Wildman–Crippen MR) is 87.7 cm³/mol. The maximum absolute atomic E-state index is 4.56. The Morgan fingerprint density at radius 1 is 1.20 bits per heavy atom. The molecule has 1 aromatic heterocycles. The third-order valence-electron chi connectivity index (χ3n) is 3.03. The molecule has 0 aliphatic carbocycles. The van der Waals surface area contributed by atoms with Crippen molar-refractivity contribution in [2.24, 2.45) is 0 Å². The highest BCUT2D eigenvalue weighted by molar-refractivity contribution is 9.10. The molecule has 5 heteroatoms. The fourth-order valence-electron chi connectivity index (χ4n) is 1.91. The molecule has 2 N–H and O–H groups in total. The van der Waals surface area contributed by atoms with Gasteiger partial charge >= 0.3 is 0 Å². The minimum atomic E-state index is 0.814. The van der Waals surface area contributed by atoms with E-state index >= 15 is 0 Å². The minimum absolute atomic E-state index is 0.814. The van der Waals surface area contributed by atoms with E-state index < -0.39 is 0 Å². The van der Waals surface area contributed by atoms with E-state index in [4.69, 9.17) is 0 Å². The maximum atomic E-state index is 4.56. The van der Waals surface area contributed by atoms with Crippen molar-refractivity contribution in [2.75, 3.05) is 17.7 Å². The lowest BCUT2D eigenvalue weighted by Crippen LogP contribution is -2.04. The van der Waals surface area contributed by atoms with Gasteiger partial charge in [-0.1, -0.05) is 28.9 Å². The van der Waals surface area contributed by atoms with Crippen LogP contribution in [0.3, 0.4) is 0 Å². The molecular formula is C15H19BrN4. The van der Waals surface area contributed by atoms with E-state index in [9.17, 15) is 0 Å². The number of rotatable bonds is 5. The zero-order valence-corrected chi connectivity index (χ0v) is 13.6. The second kappa shape index (κ2) is 6.70. The summed E-state index contributed by atoms with van der Waals surface area (Å²) in [5.41, 5.74) is 2.21. The molecule has 1 heterocycles. The Kier molecular flexibility index (Phi) is 4.95. The van der Waals surface area contributed by atoms with Gasteiger partial charge in [-0.3, -0.25) is 0 Å². The molecule has 0 aliphatic rings. The first kappa shape index (κ1) is 14.8. The third-order valence-corrected chi connectivity index (χ3v) is 3.89. The number of halogens is 1.